The molecule has 0 fully saturated rings. The maximum absolute atomic E-state index is 5.84. The van der Waals surface area contributed by atoms with Crippen LogP contribution in [0.4, 0.5) is 0 Å². The van der Waals surface area contributed by atoms with Crippen molar-refractivity contribution in [3.8, 4) is 0 Å². The van der Waals surface area contributed by atoms with Crippen LogP contribution in [0.15, 0.2) is 33.1 Å². The van der Waals surface area contributed by atoms with E-state index in [1.54, 1.807) is 0 Å². The SMILES string of the molecule is Cc1cc2nc(Cc3nc4cc(C)c(C)cc4o3)oc2cc1C. The molecule has 23 heavy (non-hydrogen) atoms. The molecule has 2 aromatic heterocycles. The monoisotopic (exact) mass is 306 g/mol. The summed E-state index contributed by atoms with van der Waals surface area (Å²) in [5.41, 5.74) is 8.21. The van der Waals surface area contributed by atoms with E-state index in [0.717, 1.165) is 22.2 Å². The highest BCUT2D eigenvalue weighted by Gasteiger charge is 2.13. The molecule has 0 saturated carbocycles. The second kappa shape index (κ2) is 4.95. The number of aryl methyl sites for hydroxylation is 4. The summed E-state index contributed by atoms with van der Waals surface area (Å²) >= 11 is 0. The molecule has 0 aliphatic rings. The second-order valence-corrected chi connectivity index (χ2v) is 6.20. The van der Waals surface area contributed by atoms with Crippen molar-refractivity contribution < 1.29 is 8.83 Å². The topological polar surface area (TPSA) is 52.1 Å². The van der Waals surface area contributed by atoms with Crippen LogP contribution in [0.25, 0.3) is 22.2 Å². The number of fused-ring (bicyclic) bond motifs is 2. The fraction of sp³-hybridized carbons (Fsp3) is 0.263. The number of benzene rings is 2. The van der Waals surface area contributed by atoms with Gasteiger partial charge in [0.2, 0.25) is 11.8 Å². The molecular weight excluding hydrogens is 288 g/mol. The largest absolute Gasteiger partial charge is 0.440 e. The standard InChI is InChI=1S/C19H18N2O2/c1-10-5-14-16(7-12(10)3)22-18(20-14)9-19-21-15-6-11(2)13(4)8-17(15)23-19/h5-8H,9H2,1-4H3. The Labute approximate surface area is 134 Å². The summed E-state index contributed by atoms with van der Waals surface area (Å²) < 4.78 is 11.7. The predicted octanol–water partition coefficient (Wildman–Crippen LogP) is 4.79. The molecule has 0 aliphatic carbocycles. The number of rotatable bonds is 2. The average molecular weight is 306 g/mol. The number of nitrogens with zero attached hydrogens (tertiary/aromatic N) is 2. The van der Waals surface area contributed by atoms with Gasteiger partial charge in [-0.05, 0) is 74.2 Å². The Kier molecular flexibility index (Phi) is 3.01. The van der Waals surface area contributed by atoms with Gasteiger partial charge < -0.3 is 8.83 Å². The maximum atomic E-state index is 5.84. The number of oxazole rings is 2. The molecule has 0 N–H and O–H groups in total. The van der Waals surface area contributed by atoms with Gasteiger partial charge in [0.15, 0.2) is 11.2 Å². The quantitative estimate of drug-likeness (QED) is 0.534. The third-order valence-corrected chi connectivity index (χ3v) is 4.40. The van der Waals surface area contributed by atoms with Crippen molar-refractivity contribution >= 4 is 22.2 Å². The Balaban J connectivity index is 1.72. The highest BCUT2D eigenvalue weighted by Crippen LogP contribution is 2.24. The van der Waals surface area contributed by atoms with E-state index in [4.69, 9.17) is 8.83 Å². The van der Waals surface area contributed by atoms with Crippen LogP contribution in [-0.2, 0) is 6.42 Å². The summed E-state index contributed by atoms with van der Waals surface area (Å²) in [6.07, 6.45) is 0.458. The first-order chi connectivity index (χ1) is 11.0. The summed E-state index contributed by atoms with van der Waals surface area (Å²) in [7, 11) is 0. The summed E-state index contributed by atoms with van der Waals surface area (Å²) in [6.45, 7) is 8.30. The Hall–Kier alpha value is -2.62. The summed E-state index contributed by atoms with van der Waals surface area (Å²) in [5.74, 6) is 1.26. The van der Waals surface area contributed by atoms with Gasteiger partial charge in [-0.25, -0.2) is 9.97 Å². The van der Waals surface area contributed by atoms with Crippen LogP contribution in [0.2, 0.25) is 0 Å². The molecule has 4 aromatic rings. The van der Waals surface area contributed by atoms with Crippen molar-refractivity contribution in [2.24, 2.45) is 0 Å². The number of aromatic nitrogens is 2. The van der Waals surface area contributed by atoms with E-state index in [9.17, 15) is 0 Å². The van der Waals surface area contributed by atoms with E-state index in [1.807, 2.05) is 12.1 Å². The molecule has 0 spiro atoms. The molecule has 2 heterocycles. The van der Waals surface area contributed by atoms with Crippen LogP contribution >= 0.6 is 0 Å². The van der Waals surface area contributed by atoms with Gasteiger partial charge in [-0.1, -0.05) is 0 Å². The molecule has 4 nitrogen and oxygen atoms in total. The van der Waals surface area contributed by atoms with Crippen LogP contribution in [0, 0.1) is 27.7 Å². The van der Waals surface area contributed by atoms with E-state index >= 15 is 0 Å². The van der Waals surface area contributed by atoms with E-state index in [1.165, 1.54) is 22.3 Å². The Morgan fingerprint density at radius 3 is 1.48 bits per heavy atom. The first-order valence-electron chi connectivity index (χ1n) is 7.73. The third-order valence-electron chi connectivity index (χ3n) is 4.40. The van der Waals surface area contributed by atoms with Crippen molar-refractivity contribution in [2.45, 2.75) is 34.1 Å². The minimum Gasteiger partial charge on any atom is -0.440 e. The molecule has 4 heteroatoms. The van der Waals surface area contributed by atoms with Gasteiger partial charge in [0.1, 0.15) is 17.5 Å². The van der Waals surface area contributed by atoms with Crippen LogP contribution in [0.5, 0.6) is 0 Å². The fourth-order valence-electron chi connectivity index (χ4n) is 2.74. The molecule has 0 aliphatic heterocycles. The molecule has 2 aromatic carbocycles. The van der Waals surface area contributed by atoms with E-state index < -0.39 is 0 Å². The van der Waals surface area contributed by atoms with Gasteiger partial charge in [-0.2, -0.15) is 0 Å². The highest BCUT2D eigenvalue weighted by molar-refractivity contribution is 5.75. The molecular formula is C19H18N2O2. The van der Waals surface area contributed by atoms with Crippen molar-refractivity contribution in [2.75, 3.05) is 0 Å². The molecule has 0 bridgehead atoms. The van der Waals surface area contributed by atoms with E-state index in [0.29, 0.717) is 18.2 Å². The molecule has 0 radical (unpaired) electrons. The lowest BCUT2D eigenvalue weighted by molar-refractivity contribution is 0.488. The number of hydrogen-bond acceptors (Lipinski definition) is 4. The van der Waals surface area contributed by atoms with Crippen LogP contribution < -0.4 is 0 Å². The van der Waals surface area contributed by atoms with Crippen molar-refractivity contribution in [3.05, 3.63) is 58.3 Å². The van der Waals surface area contributed by atoms with Crippen molar-refractivity contribution in [1.29, 1.82) is 0 Å². The lowest BCUT2D eigenvalue weighted by Gasteiger charge is -1.96. The van der Waals surface area contributed by atoms with Gasteiger partial charge in [0.05, 0.1) is 0 Å². The first-order valence-corrected chi connectivity index (χ1v) is 7.73. The second-order valence-electron chi connectivity index (χ2n) is 6.20. The lowest BCUT2D eigenvalue weighted by atomic mass is 10.1. The van der Waals surface area contributed by atoms with E-state index in [2.05, 4.69) is 49.8 Å². The van der Waals surface area contributed by atoms with E-state index in [-0.39, 0.29) is 0 Å². The van der Waals surface area contributed by atoms with Gasteiger partial charge in [-0.3, -0.25) is 0 Å². The predicted molar refractivity (Wildman–Crippen MR) is 89.8 cm³/mol. The zero-order valence-corrected chi connectivity index (χ0v) is 13.7. The van der Waals surface area contributed by atoms with Crippen LogP contribution in [0.1, 0.15) is 34.0 Å². The summed E-state index contributed by atoms with van der Waals surface area (Å²) in [5, 5.41) is 0. The Morgan fingerprint density at radius 1 is 0.652 bits per heavy atom. The average Bonchev–Trinajstić information content (AvgIpc) is 3.03. The van der Waals surface area contributed by atoms with Gasteiger partial charge in [0, 0.05) is 0 Å². The molecule has 0 atom stereocenters. The van der Waals surface area contributed by atoms with Crippen molar-refractivity contribution in [3.63, 3.8) is 0 Å². The van der Waals surface area contributed by atoms with Gasteiger partial charge in [-0.15, -0.1) is 0 Å². The fourth-order valence-corrected chi connectivity index (χ4v) is 2.74. The zero-order valence-electron chi connectivity index (χ0n) is 13.7. The zero-order chi connectivity index (χ0) is 16.1. The summed E-state index contributed by atoms with van der Waals surface area (Å²) in [6, 6.07) is 8.16. The maximum Gasteiger partial charge on any atom is 0.204 e. The first kappa shape index (κ1) is 14.0. The highest BCUT2D eigenvalue weighted by atomic mass is 16.4. The number of hydrogen-bond donors (Lipinski definition) is 0. The lowest BCUT2D eigenvalue weighted by Crippen LogP contribution is -1.87. The molecule has 116 valence electrons. The normalized spacial score (nSPS) is 11.7. The molecule has 0 saturated heterocycles. The van der Waals surface area contributed by atoms with Crippen molar-refractivity contribution in [1.82, 2.24) is 9.97 Å². The van der Waals surface area contributed by atoms with Gasteiger partial charge >= 0.3 is 0 Å². The van der Waals surface area contributed by atoms with Crippen LogP contribution in [0.3, 0.4) is 0 Å². The molecule has 0 unspecified atom stereocenters. The third kappa shape index (κ3) is 2.40. The molecule has 4 rings (SSSR count). The Morgan fingerprint density at radius 2 is 1.04 bits per heavy atom. The van der Waals surface area contributed by atoms with Crippen LogP contribution in [-0.4, -0.2) is 9.97 Å². The smallest absolute Gasteiger partial charge is 0.204 e. The Bertz CT molecular complexity index is 879. The molecule has 0 amide bonds. The van der Waals surface area contributed by atoms with Gasteiger partial charge in [0.25, 0.3) is 0 Å². The minimum atomic E-state index is 0.458. The summed E-state index contributed by atoms with van der Waals surface area (Å²) in [4.78, 5) is 9.10. The minimum absolute atomic E-state index is 0.458.